The highest BCUT2D eigenvalue weighted by atomic mass is 35.5. The van der Waals surface area contributed by atoms with E-state index in [9.17, 15) is 24.5 Å². The smallest absolute Gasteiger partial charge is 0.342 e. The lowest BCUT2D eigenvalue weighted by Gasteiger charge is -2.03. The van der Waals surface area contributed by atoms with Gasteiger partial charge in [0.2, 0.25) is 0 Å². The van der Waals surface area contributed by atoms with Crippen molar-refractivity contribution in [2.45, 2.75) is 20.8 Å². The van der Waals surface area contributed by atoms with Crippen molar-refractivity contribution in [3.8, 4) is 0 Å². The minimum absolute atomic E-state index is 0. The van der Waals surface area contributed by atoms with Crippen molar-refractivity contribution in [1.29, 1.82) is 0 Å². The Kier molecular flexibility index (Phi) is 16.6. The number of nitrogens with two attached hydrogens (primary N) is 2. The Balaban J connectivity index is -0.000000487. The molecule has 0 saturated carbocycles. The largest absolute Gasteiger partial charge is 0.478 e. The number of nitrogen functional groups attached to an aromatic ring is 2. The van der Waals surface area contributed by atoms with Crippen molar-refractivity contribution in [2.75, 3.05) is 25.7 Å². The lowest BCUT2D eigenvalue weighted by atomic mass is 10.1. The molecule has 13 heteroatoms. The highest BCUT2D eigenvalue weighted by Gasteiger charge is 2.18. The molecule has 0 spiro atoms. The Bertz CT molecular complexity index is 1300. The van der Waals surface area contributed by atoms with Crippen molar-refractivity contribution in [2.24, 2.45) is 0 Å². The van der Waals surface area contributed by atoms with Gasteiger partial charge in [-0.1, -0.05) is 18.2 Å². The molecule has 0 aliphatic heterocycles. The quantitative estimate of drug-likeness (QED) is 0.128. The summed E-state index contributed by atoms with van der Waals surface area (Å²) in [5.74, 6) is -2.67. The predicted molar refractivity (Wildman–Crippen MR) is 152 cm³/mol. The third kappa shape index (κ3) is 11.9. The van der Waals surface area contributed by atoms with Gasteiger partial charge in [-0.15, -0.1) is 12.4 Å². The minimum Gasteiger partial charge on any atom is -0.478 e. The Morgan fingerprint density at radius 2 is 1.13 bits per heavy atom. The number of nitro benzene ring substituents is 1. The molecule has 7 N–H and O–H groups in total. The van der Waals surface area contributed by atoms with Gasteiger partial charge in [0.15, 0.2) is 0 Å². The van der Waals surface area contributed by atoms with E-state index in [1.54, 1.807) is 31.2 Å². The zero-order valence-electron chi connectivity index (χ0n) is 22.0. The number of aryl methyl sites for hydroxylation is 3. The summed E-state index contributed by atoms with van der Waals surface area (Å²) in [6, 6.07) is 14.1. The second kappa shape index (κ2) is 17.7. The number of ether oxygens (including phenoxy) is 1. The Labute approximate surface area is 232 Å². The first-order chi connectivity index (χ1) is 17.8. The summed E-state index contributed by atoms with van der Waals surface area (Å²) < 4.78 is 4.54. The number of methoxy groups -OCH3 is 1. The molecular formula is C26H34ClN3O9. The second-order valence-corrected chi connectivity index (χ2v) is 7.56. The van der Waals surface area contributed by atoms with Crippen LogP contribution < -0.4 is 11.5 Å². The number of nitrogens with zero attached hydrogens (tertiary/aromatic N) is 1. The van der Waals surface area contributed by atoms with Gasteiger partial charge in [-0.3, -0.25) is 10.1 Å². The predicted octanol–water partition coefficient (Wildman–Crippen LogP) is 4.52. The highest BCUT2D eigenvalue weighted by Crippen LogP contribution is 2.19. The molecule has 0 atom stereocenters. The van der Waals surface area contributed by atoms with Crippen LogP contribution in [0.25, 0.3) is 0 Å². The van der Waals surface area contributed by atoms with Crippen LogP contribution in [0.3, 0.4) is 0 Å². The molecule has 12 nitrogen and oxygen atoms in total. The molecule has 0 amide bonds. The van der Waals surface area contributed by atoms with E-state index in [0.29, 0.717) is 22.5 Å². The number of nitro groups is 1. The maximum Gasteiger partial charge on any atom is 0.342 e. The van der Waals surface area contributed by atoms with Crippen molar-refractivity contribution < 1.29 is 40.8 Å². The Hall–Kier alpha value is -4.68. The number of esters is 1. The number of carboxylic acids is 2. The van der Waals surface area contributed by atoms with Gasteiger partial charge >= 0.3 is 17.9 Å². The van der Waals surface area contributed by atoms with Gasteiger partial charge in [0.1, 0.15) is 5.56 Å². The first-order valence-corrected chi connectivity index (χ1v) is 10.7. The number of benzene rings is 3. The number of aliphatic hydroxyl groups is 1. The third-order valence-corrected chi connectivity index (χ3v) is 4.63. The number of rotatable bonds is 4. The molecule has 3 aromatic rings. The summed E-state index contributed by atoms with van der Waals surface area (Å²) in [7, 11) is 2.33. The Morgan fingerprint density at radius 1 is 0.769 bits per heavy atom. The van der Waals surface area contributed by atoms with E-state index in [1.165, 1.54) is 31.4 Å². The molecule has 0 saturated heterocycles. The molecule has 0 bridgehead atoms. The molecule has 0 aromatic heterocycles. The molecule has 3 rings (SSSR count). The van der Waals surface area contributed by atoms with Crippen LogP contribution in [0.4, 0.5) is 17.1 Å². The summed E-state index contributed by atoms with van der Waals surface area (Å²) in [5.41, 5.74) is 14.4. The monoisotopic (exact) mass is 567 g/mol. The number of aromatic carboxylic acids is 2. The van der Waals surface area contributed by atoms with Crippen molar-refractivity contribution in [1.82, 2.24) is 0 Å². The maximum absolute atomic E-state index is 11.0. The first kappa shape index (κ1) is 36.5. The molecule has 0 unspecified atom stereocenters. The number of carboxylic acid groups (broad SMARTS) is 2. The molecular weight excluding hydrogens is 534 g/mol. The standard InChI is InChI=1S/C9H11NO2.C8H7NO4.C8H9NO2.CH4O.ClH.H2/c1-6-3-4-7(8(10)5-6)9(11)12-2;1-5-2-3-6(8(10)11)7(4-5)9(12)13;1-5-2-3-6(8(10)11)7(9)4-5;1-2;;/h3-5H,10H2,1-2H3;2-4H,1H3,(H,10,11);2-4H,9H2,1H3,(H,10,11);2H,1H3;2*1H. The van der Waals surface area contributed by atoms with E-state index < -0.39 is 22.8 Å². The van der Waals surface area contributed by atoms with Crippen LogP contribution in [0, 0.1) is 30.9 Å². The van der Waals surface area contributed by atoms with E-state index in [2.05, 4.69) is 4.74 Å². The lowest BCUT2D eigenvalue weighted by Crippen LogP contribution is -2.05. The van der Waals surface area contributed by atoms with E-state index in [4.69, 9.17) is 26.8 Å². The molecule has 0 radical (unpaired) electrons. The van der Waals surface area contributed by atoms with Crippen LogP contribution in [-0.2, 0) is 4.74 Å². The van der Waals surface area contributed by atoms with Gasteiger partial charge in [0.05, 0.1) is 23.2 Å². The summed E-state index contributed by atoms with van der Waals surface area (Å²) in [4.78, 5) is 41.8. The first-order valence-electron chi connectivity index (χ1n) is 10.7. The van der Waals surface area contributed by atoms with E-state index in [1.807, 2.05) is 19.9 Å². The molecule has 214 valence electrons. The molecule has 0 heterocycles. The van der Waals surface area contributed by atoms with Crippen LogP contribution in [0.2, 0.25) is 0 Å². The van der Waals surface area contributed by atoms with Crippen LogP contribution in [-0.4, -0.2) is 52.4 Å². The number of hydrogen-bond donors (Lipinski definition) is 5. The molecule has 0 fully saturated rings. The van der Waals surface area contributed by atoms with Gasteiger partial charge in [-0.05, 0) is 67.8 Å². The van der Waals surface area contributed by atoms with Crippen molar-refractivity contribution in [3.63, 3.8) is 0 Å². The number of carbonyl (C=O) groups excluding carboxylic acids is 1. The van der Waals surface area contributed by atoms with Crippen molar-refractivity contribution >= 4 is 47.4 Å². The fourth-order valence-electron chi connectivity index (χ4n) is 2.83. The van der Waals surface area contributed by atoms with Crippen LogP contribution in [0.5, 0.6) is 0 Å². The van der Waals surface area contributed by atoms with Crippen LogP contribution in [0.1, 0.15) is 49.2 Å². The number of hydrogen-bond acceptors (Lipinski definition) is 9. The average molecular weight is 568 g/mol. The zero-order chi connectivity index (χ0) is 29.6. The lowest BCUT2D eigenvalue weighted by molar-refractivity contribution is -0.385. The fraction of sp³-hybridized carbons (Fsp3) is 0.192. The third-order valence-electron chi connectivity index (χ3n) is 4.63. The molecule has 3 aromatic carbocycles. The number of halogens is 1. The highest BCUT2D eigenvalue weighted by molar-refractivity contribution is 5.95. The fourth-order valence-corrected chi connectivity index (χ4v) is 2.83. The van der Waals surface area contributed by atoms with E-state index in [0.717, 1.165) is 18.2 Å². The van der Waals surface area contributed by atoms with Gasteiger partial charge in [0.25, 0.3) is 5.69 Å². The maximum atomic E-state index is 11.0. The van der Waals surface area contributed by atoms with Gasteiger partial charge in [-0.2, -0.15) is 0 Å². The second-order valence-electron chi connectivity index (χ2n) is 7.56. The summed E-state index contributed by atoms with van der Waals surface area (Å²) in [6.07, 6.45) is 0. The zero-order valence-corrected chi connectivity index (χ0v) is 22.8. The summed E-state index contributed by atoms with van der Waals surface area (Å²) in [5, 5.41) is 34.6. The molecule has 39 heavy (non-hydrogen) atoms. The number of carbonyl (C=O) groups is 3. The van der Waals surface area contributed by atoms with Gasteiger partial charge in [-0.25, -0.2) is 14.4 Å². The topological polar surface area (TPSA) is 216 Å². The van der Waals surface area contributed by atoms with Gasteiger partial charge < -0.3 is 31.5 Å². The van der Waals surface area contributed by atoms with E-state index in [-0.39, 0.29) is 30.6 Å². The van der Waals surface area contributed by atoms with Crippen molar-refractivity contribution in [3.05, 3.63) is 98.1 Å². The van der Waals surface area contributed by atoms with E-state index >= 15 is 0 Å². The molecule has 0 aliphatic rings. The number of anilines is 2. The average Bonchev–Trinajstić information content (AvgIpc) is 2.85. The normalized spacial score (nSPS) is 8.97. The summed E-state index contributed by atoms with van der Waals surface area (Å²) >= 11 is 0. The van der Waals surface area contributed by atoms with Crippen LogP contribution in [0.15, 0.2) is 54.6 Å². The molecule has 0 aliphatic carbocycles. The number of aliphatic hydroxyl groups excluding tert-OH is 1. The Morgan fingerprint density at radius 3 is 1.46 bits per heavy atom. The van der Waals surface area contributed by atoms with Crippen LogP contribution >= 0.6 is 12.4 Å². The van der Waals surface area contributed by atoms with Gasteiger partial charge in [0, 0.05) is 26.0 Å². The summed E-state index contributed by atoms with van der Waals surface area (Å²) in [6.45, 7) is 5.44. The SMILES string of the molecule is CO.COC(=O)c1ccc(C)cc1N.Cc1ccc(C(=O)O)c(N)c1.Cc1ccc(C(=O)O)c([N+](=O)[O-])c1.Cl.[HH]. The minimum atomic E-state index is -1.29.